The van der Waals surface area contributed by atoms with Gasteiger partial charge in [-0.25, -0.2) is 0 Å². The van der Waals surface area contributed by atoms with E-state index < -0.39 is 0 Å². The van der Waals surface area contributed by atoms with Gasteiger partial charge in [-0.1, -0.05) is 56.8 Å². The van der Waals surface area contributed by atoms with Gasteiger partial charge >= 0.3 is 0 Å². The molecule has 0 amide bonds. The molecule has 0 saturated carbocycles. The molecule has 0 radical (unpaired) electrons. The zero-order valence-electron chi connectivity index (χ0n) is 9.59. The minimum atomic E-state index is 0.278. The van der Waals surface area contributed by atoms with Crippen LogP contribution in [0.4, 0.5) is 5.69 Å². The Hall–Kier alpha value is -0.610. The zero-order chi connectivity index (χ0) is 14.0. The first kappa shape index (κ1) is 14.8. The summed E-state index contributed by atoms with van der Waals surface area (Å²) >= 11 is 21.2. The molecule has 0 aliphatic rings. The Bertz CT molecular complexity index is 596. The first-order valence-electron chi connectivity index (χ1n) is 5.28. The molecule has 0 spiro atoms. The summed E-state index contributed by atoms with van der Waals surface area (Å²) in [5, 5.41) is 1.20. The molecule has 100 valence electrons. The Morgan fingerprint density at radius 1 is 1.05 bits per heavy atom. The molecule has 2 nitrogen and oxygen atoms in total. The van der Waals surface area contributed by atoms with Gasteiger partial charge < -0.3 is 10.5 Å². The molecule has 0 bridgehead atoms. The number of hydrogen-bond acceptors (Lipinski definition) is 2. The van der Waals surface area contributed by atoms with Crippen LogP contribution >= 0.6 is 50.7 Å². The predicted octanol–water partition coefficient (Wildman–Crippen LogP) is 5.57. The number of benzene rings is 2. The molecule has 2 rings (SSSR count). The van der Waals surface area contributed by atoms with Crippen LogP contribution in [0.25, 0.3) is 0 Å². The van der Waals surface area contributed by atoms with Gasteiger partial charge in [-0.3, -0.25) is 0 Å². The fourth-order valence-corrected chi connectivity index (χ4v) is 2.82. The van der Waals surface area contributed by atoms with E-state index >= 15 is 0 Å². The van der Waals surface area contributed by atoms with Gasteiger partial charge in [-0.05, 0) is 24.3 Å². The molecule has 2 N–H and O–H groups in total. The van der Waals surface area contributed by atoms with Crippen molar-refractivity contribution in [2.45, 2.75) is 6.61 Å². The fourth-order valence-electron chi connectivity index (χ4n) is 1.51. The first-order chi connectivity index (χ1) is 8.97. The molecule has 0 unspecified atom stereocenters. The highest BCUT2D eigenvalue weighted by molar-refractivity contribution is 9.10. The lowest BCUT2D eigenvalue weighted by molar-refractivity contribution is 0.307. The Balaban J connectivity index is 2.19. The molecule has 0 aromatic heterocycles. The number of nitrogen functional groups attached to an aromatic ring is 1. The van der Waals surface area contributed by atoms with Crippen LogP contribution in [0.2, 0.25) is 15.1 Å². The van der Waals surface area contributed by atoms with Crippen molar-refractivity contribution in [3.05, 3.63) is 55.4 Å². The molecular formula is C13H9BrCl3NO. The Morgan fingerprint density at radius 2 is 1.68 bits per heavy atom. The van der Waals surface area contributed by atoms with Gasteiger partial charge in [0.25, 0.3) is 0 Å². The van der Waals surface area contributed by atoms with E-state index in [-0.39, 0.29) is 6.61 Å². The second-order valence-electron chi connectivity index (χ2n) is 3.83. The Morgan fingerprint density at radius 3 is 2.26 bits per heavy atom. The summed E-state index contributed by atoms with van der Waals surface area (Å²) in [6, 6.07) is 8.73. The third kappa shape index (κ3) is 3.69. The number of halogens is 4. The third-order valence-electron chi connectivity index (χ3n) is 2.44. The van der Waals surface area contributed by atoms with Crippen molar-refractivity contribution in [2.75, 3.05) is 5.73 Å². The third-order valence-corrected chi connectivity index (χ3v) is 3.72. The molecule has 2 aromatic carbocycles. The predicted molar refractivity (Wildman–Crippen MR) is 84.4 cm³/mol. The minimum absolute atomic E-state index is 0.278. The normalized spacial score (nSPS) is 10.5. The minimum Gasteiger partial charge on any atom is -0.486 e. The molecule has 0 fully saturated rings. The van der Waals surface area contributed by atoms with E-state index in [0.29, 0.717) is 26.5 Å². The highest BCUT2D eigenvalue weighted by Crippen LogP contribution is 2.36. The van der Waals surface area contributed by atoms with Crippen LogP contribution in [0.3, 0.4) is 0 Å². The van der Waals surface area contributed by atoms with Crippen LogP contribution in [0, 0.1) is 0 Å². The SMILES string of the molecule is Nc1cc(Br)ccc1COc1c(Cl)cc(Cl)cc1Cl. The quantitative estimate of drug-likeness (QED) is 0.706. The summed E-state index contributed by atoms with van der Waals surface area (Å²) in [6.45, 7) is 0.278. The molecule has 0 aliphatic heterocycles. The van der Waals surface area contributed by atoms with Crippen LogP contribution in [-0.2, 0) is 6.61 Å². The monoisotopic (exact) mass is 379 g/mol. The van der Waals surface area contributed by atoms with Crippen molar-refractivity contribution in [3.63, 3.8) is 0 Å². The highest BCUT2D eigenvalue weighted by Gasteiger charge is 2.10. The average Bonchev–Trinajstić information content (AvgIpc) is 2.30. The Kier molecular flexibility index (Phi) is 4.85. The standard InChI is InChI=1S/C13H9BrCl3NO/c14-8-2-1-7(12(18)3-8)6-19-13-10(16)4-9(15)5-11(13)17/h1-5H,6,18H2. The van der Waals surface area contributed by atoms with E-state index in [9.17, 15) is 0 Å². The number of ether oxygens (including phenoxy) is 1. The van der Waals surface area contributed by atoms with Gasteiger partial charge in [0.2, 0.25) is 0 Å². The van der Waals surface area contributed by atoms with E-state index in [1.54, 1.807) is 12.1 Å². The van der Waals surface area contributed by atoms with Gasteiger partial charge in [-0.2, -0.15) is 0 Å². The summed E-state index contributed by atoms with van der Waals surface area (Å²) in [4.78, 5) is 0. The summed E-state index contributed by atoms with van der Waals surface area (Å²) in [6.07, 6.45) is 0. The lowest BCUT2D eigenvalue weighted by atomic mass is 10.2. The molecular weight excluding hydrogens is 372 g/mol. The summed E-state index contributed by atoms with van der Waals surface area (Å²) in [5.74, 6) is 0.398. The lowest BCUT2D eigenvalue weighted by Gasteiger charge is -2.12. The number of rotatable bonds is 3. The Labute approximate surface area is 134 Å². The lowest BCUT2D eigenvalue weighted by Crippen LogP contribution is -2.01. The first-order valence-corrected chi connectivity index (χ1v) is 7.21. The molecule has 19 heavy (non-hydrogen) atoms. The highest BCUT2D eigenvalue weighted by atomic mass is 79.9. The van der Waals surface area contributed by atoms with Gasteiger partial charge in [0.15, 0.2) is 5.75 Å². The zero-order valence-corrected chi connectivity index (χ0v) is 13.4. The van der Waals surface area contributed by atoms with E-state index in [0.717, 1.165) is 10.0 Å². The molecule has 6 heteroatoms. The van der Waals surface area contributed by atoms with Crippen LogP contribution in [-0.4, -0.2) is 0 Å². The maximum Gasteiger partial charge on any atom is 0.157 e. The van der Waals surface area contributed by atoms with Crippen molar-refractivity contribution in [1.29, 1.82) is 0 Å². The summed E-state index contributed by atoms with van der Waals surface area (Å²) < 4.78 is 6.52. The summed E-state index contributed by atoms with van der Waals surface area (Å²) in [5.41, 5.74) is 7.38. The second kappa shape index (κ2) is 6.23. The number of hydrogen-bond donors (Lipinski definition) is 1. The molecule has 0 saturated heterocycles. The van der Waals surface area contributed by atoms with Crippen LogP contribution in [0.1, 0.15) is 5.56 Å². The van der Waals surface area contributed by atoms with E-state index in [2.05, 4.69) is 15.9 Å². The summed E-state index contributed by atoms with van der Waals surface area (Å²) in [7, 11) is 0. The van der Waals surface area contributed by atoms with Crippen molar-refractivity contribution in [1.82, 2.24) is 0 Å². The van der Waals surface area contributed by atoms with Crippen molar-refractivity contribution >= 4 is 56.4 Å². The van der Waals surface area contributed by atoms with Crippen LogP contribution in [0.15, 0.2) is 34.8 Å². The van der Waals surface area contributed by atoms with E-state index in [1.807, 2.05) is 18.2 Å². The van der Waals surface area contributed by atoms with Gasteiger partial charge in [-0.15, -0.1) is 0 Å². The maximum atomic E-state index is 6.03. The topological polar surface area (TPSA) is 35.2 Å². The van der Waals surface area contributed by atoms with Crippen molar-refractivity contribution in [2.24, 2.45) is 0 Å². The average molecular weight is 381 g/mol. The van der Waals surface area contributed by atoms with Crippen LogP contribution < -0.4 is 10.5 Å². The molecule has 2 aromatic rings. The molecule has 0 heterocycles. The van der Waals surface area contributed by atoms with Gasteiger partial charge in [0.05, 0.1) is 10.0 Å². The largest absolute Gasteiger partial charge is 0.486 e. The van der Waals surface area contributed by atoms with Crippen molar-refractivity contribution < 1.29 is 4.74 Å². The molecule has 0 aliphatic carbocycles. The van der Waals surface area contributed by atoms with E-state index in [4.69, 9.17) is 45.3 Å². The maximum absolute atomic E-state index is 6.03. The van der Waals surface area contributed by atoms with Gasteiger partial charge in [0.1, 0.15) is 6.61 Å². The number of anilines is 1. The number of nitrogens with two attached hydrogens (primary N) is 1. The van der Waals surface area contributed by atoms with E-state index in [1.165, 1.54) is 0 Å². The second-order valence-corrected chi connectivity index (χ2v) is 6.00. The van der Waals surface area contributed by atoms with Gasteiger partial charge in [0, 0.05) is 20.7 Å². The van der Waals surface area contributed by atoms with Crippen molar-refractivity contribution in [3.8, 4) is 5.75 Å². The smallest absolute Gasteiger partial charge is 0.157 e. The van der Waals surface area contributed by atoms with Crippen LogP contribution in [0.5, 0.6) is 5.75 Å². The molecule has 0 atom stereocenters. The fraction of sp³-hybridized carbons (Fsp3) is 0.0769.